The summed E-state index contributed by atoms with van der Waals surface area (Å²) in [5, 5.41) is 9.28. The van der Waals surface area contributed by atoms with Gasteiger partial charge in [0.25, 0.3) is 0 Å². The van der Waals surface area contributed by atoms with Crippen molar-refractivity contribution in [1.82, 2.24) is 0 Å². The second kappa shape index (κ2) is 5.10. The maximum atomic E-state index is 10.6. The van der Waals surface area contributed by atoms with Gasteiger partial charge in [0.15, 0.2) is 0 Å². The molecule has 0 spiro atoms. The highest BCUT2D eigenvalue weighted by Crippen LogP contribution is 2.29. The maximum absolute atomic E-state index is 10.6. The second-order valence-electron chi connectivity index (χ2n) is 4.01. The van der Waals surface area contributed by atoms with Crippen molar-refractivity contribution in [1.29, 1.82) is 0 Å². The Morgan fingerprint density at radius 3 is 2.39 bits per heavy atom. The van der Waals surface area contributed by atoms with Gasteiger partial charge in [-0.15, -0.1) is 0 Å². The maximum Gasteiger partial charge on any atom is 0.307 e. The Kier molecular flexibility index (Phi) is 3.53. The van der Waals surface area contributed by atoms with Crippen molar-refractivity contribution in [2.45, 2.75) is 6.42 Å². The van der Waals surface area contributed by atoms with Crippen LogP contribution >= 0.6 is 11.6 Å². The first-order chi connectivity index (χ1) is 8.56. The summed E-state index contributed by atoms with van der Waals surface area (Å²) in [6.07, 6.45) is 0.0236. The van der Waals surface area contributed by atoms with Crippen LogP contribution in [0.5, 0.6) is 0 Å². The van der Waals surface area contributed by atoms with E-state index in [0.717, 1.165) is 16.7 Å². The van der Waals surface area contributed by atoms with Crippen LogP contribution in [-0.2, 0) is 11.2 Å². The molecule has 0 bridgehead atoms. The number of rotatable bonds is 3. The van der Waals surface area contributed by atoms with Crippen LogP contribution in [0.2, 0.25) is 5.02 Å². The van der Waals surface area contributed by atoms with Crippen LogP contribution < -0.4 is 5.73 Å². The fourth-order valence-electron chi connectivity index (χ4n) is 1.74. The fraction of sp³-hybridized carbons (Fsp3) is 0.0714. The van der Waals surface area contributed by atoms with E-state index < -0.39 is 5.97 Å². The topological polar surface area (TPSA) is 63.3 Å². The summed E-state index contributed by atoms with van der Waals surface area (Å²) in [4.78, 5) is 10.6. The number of hydrogen-bond donors (Lipinski definition) is 2. The molecule has 0 unspecified atom stereocenters. The second-order valence-corrected chi connectivity index (χ2v) is 4.41. The summed E-state index contributed by atoms with van der Waals surface area (Å²) in [6, 6.07) is 12.6. The van der Waals surface area contributed by atoms with Crippen LogP contribution in [0.15, 0.2) is 42.5 Å². The number of carboxylic acids is 1. The minimum absolute atomic E-state index is 0.0236. The quantitative estimate of drug-likeness (QED) is 0.834. The molecule has 2 aromatic rings. The molecule has 0 aliphatic rings. The summed E-state index contributed by atoms with van der Waals surface area (Å²) in [6.45, 7) is 0. The number of halogens is 1. The zero-order valence-corrected chi connectivity index (χ0v) is 10.3. The van der Waals surface area contributed by atoms with Gasteiger partial charge in [-0.25, -0.2) is 0 Å². The Morgan fingerprint density at radius 1 is 1.17 bits per heavy atom. The van der Waals surface area contributed by atoms with E-state index in [-0.39, 0.29) is 6.42 Å². The van der Waals surface area contributed by atoms with Crippen LogP contribution in [0.1, 0.15) is 5.56 Å². The Balaban J connectivity index is 2.31. The summed E-state index contributed by atoms with van der Waals surface area (Å²) < 4.78 is 0. The third-order valence-corrected chi connectivity index (χ3v) is 2.93. The molecule has 0 aliphatic heterocycles. The number of aliphatic carboxylic acids is 1. The van der Waals surface area contributed by atoms with Crippen LogP contribution in [0.25, 0.3) is 11.1 Å². The van der Waals surface area contributed by atoms with E-state index in [1.54, 1.807) is 24.3 Å². The zero-order valence-electron chi connectivity index (χ0n) is 9.56. The van der Waals surface area contributed by atoms with E-state index in [0.29, 0.717) is 10.7 Å². The third kappa shape index (κ3) is 2.81. The first kappa shape index (κ1) is 12.5. The first-order valence-corrected chi connectivity index (χ1v) is 5.80. The molecule has 0 amide bonds. The van der Waals surface area contributed by atoms with Crippen molar-refractivity contribution in [3.05, 3.63) is 53.1 Å². The summed E-state index contributed by atoms with van der Waals surface area (Å²) in [5.74, 6) is -0.840. The molecule has 0 radical (unpaired) electrons. The zero-order chi connectivity index (χ0) is 13.1. The number of nitrogen functional groups attached to an aromatic ring is 1. The molecule has 0 heterocycles. The van der Waals surface area contributed by atoms with Crippen molar-refractivity contribution < 1.29 is 9.90 Å². The molecule has 0 aliphatic carbocycles. The SMILES string of the molecule is Nc1ccc(-c2ccc(CC(=O)O)cc2)c(Cl)c1. The average molecular weight is 262 g/mol. The normalized spacial score (nSPS) is 10.3. The molecule has 0 aromatic heterocycles. The largest absolute Gasteiger partial charge is 0.481 e. The Hall–Kier alpha value is -2.00. The first-order valence-electron chi connectivity index (χ1n) is 5.42. The van der Waals surface area contributed by atoms with Gasteiger partial charge in [-0.3, -0.25) is 4.79 Å². The highest BCUT2D eigenvalue weighted by molar-refractivity contribution is 6.33. The van der Waals surface area contributed by atoms with Crippen molar-refractivity contribution in [3.8, 4) is 11.1 Å². The minimum atomic E-state index is -0.840. The Bertz CT molecular complexity index is 579. The molecule has 0 saturated heterocycles. The van der Waals surface area contributed by atoms with Crippen molar-refractivity contribution in [2.24, 2.45) is 0 Å². The molecular weight excluding hydrogens is 250 g/mol. The van der Waals surface area contributed by atoms with E-state index in [2.05, 4.69) is 0 Å². The third-order valence-electron chi connectivity index (χ3n) is 2.61. The number of hydrogen-bond acceptors (Lipinski definition) is 2. The van der Waals surface area contributed by atoms with Crippen molar-refractivity contribution in [3.63, 3.8) is 0 Å². The van der Waals surface area contributed by atoms with E-state index in [1.807, 2.05) is 18.2 Å². The van der Waals surface area contributed by atoms with E-state index >= 15 is 0 Å². The summed E-state index contributed by atoms with van der Waals surface area (Å²) >= 11 is 6.11. The predicted molar refractivity (Wildman–Crippen MR) is 72.6 cm³/mol. The van der Waals surface area contributed by atoms with E-state index in [4.69, 9.17) is 22.4 Å². The number of carboxylic acid groups (broad SMARTS) is 1. The molecule has 0 fully saturated rings. The monoisotopic (exact) mass is 261 g/mol. The molecule has 92 valence electrons. The lowest BCUT2D eigenvalue weighted by Crippen LogP contribution is -1.99. The molecule has 2 aromatic carbocycles. The molecule has 4 heteroatoms. The van der Waals surface area contributed by atoms with Gasteiger partial charge in [-0.2, -0.15) is 0 Å². The highest BCUT2D eigenvalue weighted by atomic mass is 35.5. The van der Waals surface area contributed by atoms with E-state index in [1.165, 1.54) is 0 Å². The molecule has 0 saturated carbocycles. The van der Waals surface area contributed by atoms with Crippen molar-refractivity contribution >= 4 is 23.3 Å². The van der Waals surface area contributed by atoms with Gasteiger partial charge in [0, 0.05) is 11.3 Å². The lowest BCUT2D eigenvalue weighted by Gasteiger charge is -2.06. The number of carbonyl (C=O) groups is 1. The van der Waals surface area contributed by atoms with Crippen molar-refractivity contribution in [2.75, 3.05) is 5.73 Å². The minimum Gasteiger partial charge on any atom is -0.481 e. The van der Waals surface area contributed by atoms with Gasteiger partial charge in [0.1, 0.15) is 0 Å². The predicted octanol–water partition coefficient (Wildman–Crippen LogP) is 3.22. The van der Waals surface area contributed by atoms with E-state index in [9.17, 15) is 4.79 Å². The molecule has 0 atom stereocenters. The molecule has 3 nitrogen and oxygen atoms in total. The van der Waals surface area contributed by atoms with Gasteiger partial charge in [-0.1, -0.05) is 41.9 Å². The van der Waals surface area contributed by atoms with Gasteiger partial charge in [0.05, 0.1) is 11.4 Å². The van der Waals surface area contributed by atoms with Crippen LogP contribution in [0.4, 0.5) is 5.69 Å². The van der Waals surface area contributed by atoms with Gasteiger partial charge >= 0.3 is 5.97 Å². The summed E-state index contributed by atoms with van der Waals surface area (Å²) in [5.41, 5.74) is 8.83. The standard InChI is InChI=1S/C14H12ClNO2/c15-13-8-11(16)5-6-12(13)10-3-1-9(2-4-10)7-14(17)18/h1-6,8H,7,16H2,(H,17,18). The number of anilines is 1. The molecule has 18 heavy (non-hydrogen) atoms. The molecular formula is C14H12ClNO2. The fourth-order valence-corrected chi connectivity index (χ4v) is 2.04. The van der Waals surface area contributed by atoms with Crippen LogP contribution in [0, 0.1) is 0 Å². The number of nitrogens with two attached hydrogens (primary N) is 1. The van der Waals surface area contributed by atoms with Gasteiger partial charge in [-0.05, 0) is 23.3 Å². The number of benzene rings is 2. The van der Waals surface area contributed by atoms with Crippen LogP contribution in [-0.4, -0.2) is 11.1 Å². The van der Waals surface area contributed by atoms with Gasteiger partial charge < -0.3 is 10.8 Å². The highest BCUT2D eigenvalue weighted by Gasteiger charge is 2.05. The smallest absolute Gasteiger partial charge is 0.307 e. The Morgan fingerprint density at radius 2 is 1.83 bits per heavy atom. The lowest BCUT2D eigenvalue weighted by molar-refractivity contribution is -0.136. The lowest BCUT2D eigenvalue weighted by atomic mass is 10.0. The Labute approximate surface area is 110 Å². The van der Waals surface area contributed by atoms with Gasteiger partial charge in [0.2, 0.25) is 0 Å². The summed E-state index contributed by atoms with van der Waals surface area (Å²) in [7, 11) is 0. The van der Waals surface area contributed by atoms with Crippen LogP contribution in [0.3, 0.4) is 0 Å². The average Bonchev–Trinajstić information content (AvgIpc) is 2.30. The molecule has 3 N–H and O–H groups in total. The molecule has 2 rings (SSSR count).